The monoisotopic (exact) mass is 490 g/mol. The molecule has 5 rings (SSSR count). The molecule has 0 spiro atoms. The minimum absolute atomic E-state index is 0.0608. The topological polar surface area (TPSA) is 130 Å². The normalized spacial score (nSPS) is 46.6. The lowest BCUT2D eigenvalue weighted by Gasteiger charge is -2.65. The van der Waals surface area contributed by atoms with Crippen LogP contribution in [-0.4, -0.2) is 57.6 Å². The molecule has 0 amide bonds. The number of aliphatic hydroxyl groups excluding tert-OH is 1. The third-order valence-corrected chi connectivity index (χ3v) is 10.9. The van der Waals surface area contributed by atoms with Crippen molar-refractivity contribution in [1.29, 1.82) is 0 Å². The van der Waals surface area contributed by atoms with Crippen molar-refractivity contribution < 1.29 is 39.2 Å². The Morgan fingerprint density at radius 2 is 1.86 bits per heavy atom. The van der Waals surface area contributed by atoms with Crippen molar-refractivity contribution in [3.8, 4) is 0 Å². The smallest absolute Gasteiger partial charge is 0.331 e. The Hall–Kier alpha value is -1.93. The fourth-order valence-corrected chi connectivity index (χ4v) is 8.91. The molecule has 4 fully saturated rings. The first kappa shape index (κ1) is 24.8. The summed E-state index contributed by atoms with van der Waals surface area (Å²) in [6.45, 7) is 4.55. The zero-order valence-corrected chi connectivity index (χ0v) is 20.7. The zero-order valence-electron chi connectivity index (χ0n) is 20.7. The molecule has 8 nitrogen and oxygen atoms in total. The largest absolute Gasteiger partial charge is 0.481 e. The van der Waals surface area contributed by atoms with Gasteiger partial charge in [0.15, 0.2) is 0 Å². The maximum absolute atomic E-state index is 12.3. The number of aliphatic carboxylic acids is 1. The van der Waals surface area contributed by atoms with E-state index in [1.807, 2.05) is 6.92 Å². The van der Waals surface area contributed by atoms with E-state index in [1.165, 1.54) is 0 Å². The van der Waals surface area contributed by atoms with E-state index in [0.29, 0.717) is 18.8 Å². The lowest BCUT2D eigenvalue weighted by molar-refractivity contribution is -0.245. The first-order valence-corrected chi connectivity index (χ1v) is 13.2. The summed E-state index contributed by atoms with van der Waals surface area (Å²) in [6.07, 6.45) is 6.45. The summed E-state index contributed by atoms with van der Waals surface area (Å²) in [5.41, 5.74) is -0.875. The molecule has 1 heterocycles. The number of cyclic esters (lactones) is 1. The fourth-order valence-electron chi connectivity index (χ4n) is 8.91. The van der Waals surface area contributed by atoms with Crippen LogP contribution >= 0.6 is 0 Å². The summed E-state index contributed by atoms with van der Waals surface area (Å²) in [4.78, 5) is 34.6. The van der Waals surface area contributed by atoms with Gasteiger partial charge in [0.25, 0.3) is 0 Å². The van der Waals surface area contributed by atoms with Crippen LogP contribution in [0.4, 0.5) is 0 Å². The number of aliphatic hydroxyl groups is 2. The van der Waals surface area contributed by atoms with Crippen LogP contribution in [0.25, 0.3) is 0 Å². The van der Waals surface area contributed by atoms with Crippen molar-refractivity contribution in [2.45, 2.75) is 95.9 Å². The van der Waals surface area contributed by atoms with Crippen molar-refractivity contribution in [1.82, 2.24) is 0 Å². The van der Waals surface area contributed by atoms with Crippen LogP contribution in [-0.2, 0) is 23.9 Å². The first-order valence-electron chi connectivity index (χ1n) is 13.2. The van der Waals surface area contributed by atoms with E-state index in [9.17, 15) is 24.6 Å². The molecule has 5 aliphatic rings. The van der Waals surface area contributed by atoms with E-state index in [4.69, 9.17) is 14.6 Å². The minimum atomic E-state index is -1.00. The van der Waals surface area contributed by atoms with E-state index < -0.39 is 29.1 Å². The molecule has 0 saturated heterocycles. The maximum atomic E-state index is 12.3. The lowest BCUT2D eigenvalue weighted by atomic mass is 9.42. The third kappa shape index (κ3) is 3.74. The molecule has 0 aromatic rings. The van der Waals surface area contributed by atoms with E-state index in [0.717, 1.165) is 44.1 Å². The molecule has 1 aliphatic heterocycles. The molecule has 7 unspecified atom stereocenters. The summed E-state index contributed by atoms with van der Waals surface area (Å²) >= 11 is 0. The van der Waals surface area contributed by atoms with Gasteiger partial charge < -0.3 is 24.8 Å². The number of carbonyl (C=O) groups is 3. The van der Waals surface area contributed by atoms with E-state index in [-0.39, 0.29) is 54.7 Å². The number of hydrogen-bond donors (Lipinski definition) is 3. The summed E-state index contributed by atoms with van der Waals surface area (Å²) in [5.74, 6) is -1.28. The summed E-state index contributed by atoms with van der Waals surface area (Å²) < 4.78 is 10.8. The van der Waals surface area contributed by atoms with E-state index >= 15 is 0 Å². The molecule has 0 bridgehead atoms. The van der Waals surface area contributed by atoms with Crippen LogP contribution in [0.3, 0.4) is 0 Å². The molecule has 0 aromatic heterocycles. The van der Waals surface area contributed by atoms with Gasteiger partial charge >= 0.3 is 17.9 Å². The Kier molecular flexibility index (Phi) is 6.07. The second kappa shape index (κ2) is 8.58. The third-order valence-electron chi connectivity index (χ3n) is 10.9. The SMILES string of the molecule is C[C@]12CCC(OC(=O)CCC(=O)O)CC1CCC1C2CC(O)[C@]2(C)C(C3=CC(=O)OC3)CCC12O. The van der Waals surface area contributed by atoms with Crippen LogP contribution in [0, 0.1) is 34.5 Å². The second-order valence-corrected chi connectivity index (χ2v) is 12.1. The molecule has 8 heteroatoms. The number of hydrogen-bond acceptors (Lipinski definition) is 7. The Labute approximate surface area is 206 Å². The van der Waals surface area contributed by atoms with Gasteiger partial charge in [0, 0.05) is 11.5 Å². The molecule has 4 saturated carbocycles. The van der Waals surface area contributed by atoms with Crippen LogP contribution in [0.5, 0.6) is 0 Å². The number of rotatable bonds is 5. The van der Waals surface area contributed by atoms with Crippen LogP contribution in [0.1, 0.15) is 78.1 Å². The molecule has 9 atom stereocenters. The average Bonchev–Trinajstić information content (AvgIpc) is 3.34. The Morgan fingerprint density at radius 3 is 2.54 bits per heavy atom. The van der Waals surface area contributed by atoms with Gasteiger partial charge in [0.05, 0.1) is 24.5 Å². The number of carbonyl (C=O) groups excluding carboxylic acids is 2. The van der Waals surface area contributed by atoms with Crippen molar-refractivity contribution in [2.24, 2.45) is 34.5 Å². The van der Waals surface area contributed by atoms with Gasteiger partial charge in [-0.3, -0.25) is 9.59 Å². The van der Waals surface area contributed by atoms with Gasteiger partial charge in [-0.25, -0.2) is 4.79 Å². The van der Waals surface area contributed by atoms with Crippen molar-refractivity contribution in [2.75, 3.05) is 6.61 Å². The Bertz CT molecular complexity index is 943. The highest BCUT2D eigenvalue weighted by molar-refractivity contribution is 5.85. The average molecular weight is 491 g/mol. The summed E-state index contributed by atoms with van der Waals surface area (Å²) in [5, 5.41) is 32.7. The number of fused-ring (bicyclic) bond motifs is 5. The fraction of sp³-hybridized carbons (Fsp3) is 0.815. The highest BCUT2D eigenvalue weighted by Crippen LogP contribution is 2.70. The Balaban J connectivity index is 1.33. The quantitative estimate of drug-likeness (QED) is 0.502. The van der Waals surface area contributed by atoms with Gasteiger partial charge in [-0.15, -0.1) is 0 Å². The molecule has 194 valence electrons. The van der Waals surface area contributed by atoms with Crippen molar-refractivity contribution >= 4 is 17.9 Å². The Morgan fingerprint density at radius 1 is 1.09 bits per heavy atom. The van der Waals surface area contributed by atoms with E-state index in [2.05, 4.69) is 6.92 Å². The predicted molar refractivity (Wildman–Crippen MR) is 124 cm³/mol. The van der Waals surface area contributed by atoms with E-state index in [1.54, 1.807) is 6.08 Å². The summed E-state index contributed by atoms with van der Waals surface area (Å²) in [6, 6.07) is 0. The highest BCUT2D eigenvalue weighted by atomic mass is 16.5. The van der Waals surface area contributed by atoms with Gasteiger partial charge in [0.2, 0.25) is 0 Å². The number of esters is 2. The van der Waals surface area contributed by atoms with Gasteiger partial charge in [-0.05, 0) is 86.0 Å². The maximum Gasteiger partial charge on any atom is 0.331 e. The number of ether oxygens (including phenoxy) is 2. The minimum Gasteiger partial charge on any atom is -0.481 e. The molecule has 4 aliphatic carbocycles. The first-order chi connectivity index (χ1) is 16.5. The van der Waals surface area contributed by atoms with Crippen LogP contribution in [0.2, 0.25) is 0 Å². The summed E-state index contributed by atoms with van der Waals surface area (Å²) in [7, 11) is 0. The molecular weight excluding hydrogens is 452 g/mol. The predicted octanol–water partition coefficient (Wildman–Crippen LogP) is 2.99. The second-order valence-electron chi connectivity index (χ2n) is 12.1. The molecule has 3 N–H and O–H groups in total. The van der Waals surface area contributed by atoms with Crippen LogP contribution < -0.4 is 0 Å². The number of carboxylic acids is 1. The number of carboxylic acid groups (broad SMARTS) is 1. The zero-order chi connectivity index (χ0) is 25.2. The van der Waals surface area contributed by atoms with Crippen molar-refractivity contribution in [3.63, 3.8) is 0 Å². The molecular formula is C27H38O8. The van der Waals surface area contributed by atoms with Gasteiger partial charge in [-0.1, -0.05) is 13.8 Å². The lowest BCUT2D eigenvalue weighted by Crippen LogP contribution is -2.67. The molecule has 0 radical (unpaired) electrons. The van der Waals surface area contributed by atoms with Crippen molar-refractivity contribution in [3.05, 3.63) is 11.6 Å². The standard InChI is InChI=1S/C27H38O8/c1-25-9-7-17(35-23(31)6-5-22(29)30)12-16(25)3-4-19-20(25)13-21(28)26(2)18(8-10-27(19,26)33)15-11-24(32)34-14-15/h11,16-21,28,33H,3-10,12-14H2,1-2H3,(H,29,30)/t16?,17?,18?,19?,20?,21?,25-,26-,27?/m0/s1. The molecule has 0 aromatic carbocycles. The van der Waals surface area contributed by atoms with Crippen LogP contribution in [0.15, 0.2) is 11.6 Å². The van der Waals surface area contributed by atoms with Gasteiger partial charge in [0.1, 0.15) is 12.7 Å². The highest BCUT2D eigenvalue weighted by Gasteiger charge is 2.70. The molecule has 35 heavy (non-hydrogen) atoms. The van der Waals surface area contributed by atoms with Gasteiger partial charge in [-0.2, -0.15) is 0 Å².